The van der Waals surface area contributed by atoms with Crippen LogP contribution in [0.2, 0.25) is 0 Å². The molecular weight excluding hydrogens is 607 g/mol. The van der Waals surface area contributed by atoms with E-state index in [0.717, 1.165) is 35.5 Å². The van der Waals surface area contributed by atoms with Crippen molar-refractivity contribution in [3.05, 3.63) is 63.4 Å². The van der Waals surface area contributed by atoms with Crippen molar-refractivity contribution in [2.75, 3.05) is 33.2 Å². The molecule has 2 aromatic carbocycles. The van der Waals surface area contributed by atoms with E-state index in [0.29, 0.717) is 21.8 Å². The number of rotatable bonds is 8. The number of aromatic amines is 1. The van der Waals surface area contributed by atoms with Gasteiger partial charge in [0.15, 0.2) is 10.8 Å². The highest BCUT2D eigenvalue weighted by molar-refractivity contribution is 7.89. The van der Waals surface area contributed by atoms with Crippen molar-refractivity contribution in [3.63, 3.8) is 0 Å². The minimum atomic E-state index is -3.97. The summed E-state index contributed by atoms with van der Waals surface area (Å²) in [5, 5.41) is 25.6. The van der Waals surface area contributed by atoms with E-state index in [1.165, 1.54) is 21.7 Å². The van der Waals surface area contributed by atoms with Crippen LogP contribution in [-0.4, -0.2) is 105 Å². The van der Waals surface area contributed by atoms with Crippen molar-refractivity contribution >= 4 is 49.8 Å². The summed E-state index contributed by atoms with van der Waals surface area (Å²) in [4.78, 5) is 36.3. The number of hydrogen-bond donors (Lipinski definition) is 4. The van der Waals surface area contributed by atoms with E-state index in [4.69, 9.17) is 11.1 Å². The molecule has 1 atom stereocenters. The summed E-state index contributed by atoms with van der Waals surface area (Å²) < 4.78 is 29.0. The second-order valence-corrected chi connectivity index (χ2v) is 13.9. The van der Waals surface area contributed by atoms with Crippen molar-refractivity contribution in [2.45, 2.75) is 36.9 Å². The second kappa shape index (κ2) is 12.0. The van der Waals surface area contributed by atoms with Gasteiger partial charge in [0.2, 0.25) is 15.9 Å². The molecule has 230 valence electrons. The fraction of sp³-hybridized carbons (Fsp3) is 0.370. The first-order chi connectivity index (χ1) is 21.1. The van der Waals surface area contributed by atoms with Crippen molar-refractivity contribution in [1.82, 2.24) is 45.0 Å². The van der Waals surface area contributed by atoms with E-state index in [2.05, 4.69) is 35.8 Å². The van der Waals surface area contributed by atoms with Crippen molar-refractivity contribution in [2.24, 2.45) is 5.73 Å². The lowest BCUT2D eigenvalue weighted by atomic mass is 10.1. The molecule has 4 heterocycles. The van der Waals surface area contributed by atoms with Gasteiger partial charge < -0.3 is 20.9 Å². The molecule has 0 spiro atoms. The molecule has 0 saturated carbocycles. The number of hydrogen-bond acceptors (Lipinski definition) is 11. The van der Waals surface area contributed by atoms with Crippen molar-refractivity contribution < 1.29 is 18.0 Å². The first kappa shape index (κ1) is 29.7. The molecule has 17 heteroatoms. The summed E-state index contributed by atoms with van der Waals surface area (Å²) in [6.07, 6.45) is 0.625. The zero-order valence-corrected chi connectivity index (χ0v) is 25.5. The molecule has 0 bridgehead atoms. The number of piperazine rings is 1. The van der Waals surface area contributed by atoms with Crippen LogP contribution in [0.5, 0.6) is 0 Å². The maximum atomic E-state index is 13.9. The van der Waals surface area contributed by atoms with Gasteiger partial charge in [-0.2, -0.15) is 9.52 Å². The quantitative estimate of drug-likeness (QED) is 0.153. The Balaban J connectivity index is 1.24. The molecule has 0 radical (unpaired) electrons. The van der Waals surface area contributed by atoms with E-state index in [9.17, 15) is 18.0 Å². The van der Waals surface area contributed by atoms with Crippen LogP contribution in [-0.2, 0) is 34.3 Å². The molecule has 4 aromatic rings. The molecule has 0 aliphatic carbocycles. The van der Waals surface area contributed by atoms with E-state index in [-0.39, 0.29) is 55.1 Å². The number of tetrazole rings is 1. The Hall–Kier alpha value is -4.32. The van der Waals surface area contributed by atoms with Crippen LogP contribution in [0.4, 0.5) is 0 Å². The van der Waals surface area contributed by atoms with Gasteiger partial charge in [0, 0.05) is 56.0 Å². The number of carbonyl (C=O) groups excluding carboxylic acids is 2. The standard InChI is InChI=1S/C27H31N11O4S2/c1-36-7-6-21-22(15-36)43-26(31-21)27(40)38-9-8-37(14-19(38)12-24(39)30-13-23-32-34-35-33-23)44(41,42)20-5-4-16-10-18(25(28)29)3-2-17(16)11-20/h2-5,10-11,19H,6-9,12-15H2,1H3,(H3,28,29)(H,30,39)(H,32,33,34,35). The van der Waals surface area contributed by atoms with Crippen LogP contribution in [0, 0.1) is 5.41 Å². The zero-order valence-electron chi connectivity index (χ0n) is 23.9. The molecule has 15 nitrogen and oxygen atoms in total. The number of carbonyl (C=O) groups is 2. The molecule has 44 heavy (non-hydrogen) atoms. The monoisotopic (exact) mass is 637 g/mol. The number of nitrogens with two attached hydrogens (primary N) is 1. The number of benzene rings is 2. The van der Waals surface area contributed by atoms with Gasteiger partial charge in [-0.3, -0.25) is 15.0 Å². The first-order valence-electron chi connectivity index (χ1n) is 13.9. The summed E-state index contributed by atoms with van der Waals surface area (Å²) in [5.74, 6) is -0.478. The third-order valence-corrected chi connectivity index (χ3v) is 10.8. The van der Waals surface area contributed by atoms with Gasteiger partial charge in [-0.15, -0.1) is 21.5 Å². The van der Waals surface area contributed by atoms with Gasteiger partial charge in [-0.05, 0) is 36.0 Å². The molecule has 1 unspecified atom stereocenters. The van der Waals surface area contributed by atoms with Crippen molar-refractivity contribution in [1.29, 1.82) is 5.41 Å². The molecular formula is C27H31N11O4S2. The third kappa shape index (κ3) is 6.03. The van der Waals surface area contributed by atoms with Crippen LogP contribution < -0.4 is 11.1 Å². The van der Waals surface area contributed by atoms with Gasteiger partial charge in [0.25, 0.3) is 5.91 Å². The van der Waals surface area contributed by atoms with Gasteiger partial charge in [-0.25, -0.2) is 13.4 Å². The Labute approximate surface area is 257 Å². The summed E-state index contributed by atoms with van der Waals surface area (Å²) in [5.41, 5.74) is 7.06. The highest BCUT2D eigenvalue weighted by atomic mass is 32.2. The zero-order chi connectivity index (χ0) is 31.0. The number of nitrogen functional groups attached to an aromatic ring is 1. The van der Waals surface area contributed by atoms with Crippen LogP contribution in [0.3, 0.4) is 0 Å². The molecule has 2 aromatic heterocycles. The Morgan fingerprint density at radius 3 is 2.73 bits per heavy atom. The molecule has 5 N–H and O–H groups in total. The predicted octanol–water partition coefficient (Wildman–Crippen LogP) is 0.303. The topological polar surface area (TPSA) is 207 Å². The Morgan fingerprint density at radius 2 is 1.95 bits per heavy atom. The Kier molecular flexibility index (Phi) is 8.10. The maximum absolute atomic E-state index is 13.9. The van der Waals surface area contributed by atoms with Gasteiger partial charge in [0.05, 0.1) is 23.2 Å². The fourth-order valence-corrected chi connectivity index (χ4v) is 8.10. The van der Waals surface area contributed by atoms with Crippen molar-refractivity contribution in [3.8, 4) is 0 Å². The predicted molar refractivity (Wildman–Crippen MR) is 161 cm³/mol. The van der Waals surface area contributed by atoms with E-state index >= 15 is 0 Å². The average molecular weight is 638 g/mol. The Bertz CT molecular complexity index is 1840. The fourth-order valence-electron chi connectivity index (χ4n) is 5.45. The first-order valence-corrected chi connectivity index (χ1v) is 16.2. The molecule has 2 aliphatic heterocycles. The number of amidine groups is 1. The normalized spacial score (nSPS) is 17.8. The number of H-pyrrole nitrogens is 1. The third-order valence-electron chi connectivity index (χ3n) is 7.83. The lowest BCUT2D eigenvalue weighted by molar-refractivity contribution is -0.122. The second-order valence-electron chi connectivity index (χ2n) is 10.8. The number of fused-ring (bicyclic) bond motifs is 2. The number of amides is 2. The largest absolute Gasteiger partial charge is 0.384 e. The number of likely N-dealkylation sites (N-methyl/N-ethyl adjacent to an activating group) is 1. The van der Waals surface area contributed by atoms with Crippen LogP contribution >= 0.6 is 11.3 Å². The minimum Gasteiger partial charge on any atom is -0.384 e. The van der Waals surface area contributed by atoms with E-state index in [1.54, 1.807) is 35.2 Å². The Morgan fingerprint density at radius 1 is 1.16 bits per heavy atom. The minimum absolute atomic E-state index is 0.0349. The smallest absolute Gasteiger partial charge is 0.283 e. The van der Waals surface area contributed by atoms with Crippen LogP contribution in [0.25, 0.3) is 10.8 Å². The lowest BCUT2D eigenvalue weighted by Gasteiger charge is -2.40. The number of aromatic nitrogens is 5. The summed E-state index contributed by atoms with van der Waals surface area (Å²) in [6, 6.07) is 9.17. The lowest BCUT2D eigenvalue weighted by Crippen LogP contribution is -2.57. The molecule has 1 fully saturated rings. The number of sulfonamides is 1. The van der Waals surface area contributed by atoms with Gasteiger partial charge >= 0.3 is 0 Å². The number of thiazole rings is 1. The highest BCUT2D eigenvalue weighted by Gasteiger charge is 2.39. The van der Waals surface area contributed by atoms with Gasteiger partial charge in [-0.1, -0.05) is 23.4 Å². The van der Waals surface area contributed by atoms with E-state index < -0.39 is 16.1 Å². The molecule has 2 amide bonds. The summed E-state index contributed by atoms with van der Waals surface area (Å²) >= 11 is 1.35. The highest BCUT2D eigenvalue weighted by Crippen LogP contribution is 2.29. The molecule has 2 aliphatic rings. The average Bonchev–Trinajstić information content (AvgIpc) is 3.69. The van der Waals surface area contributed by atoms with Crippen LogP contribution in [0.1, 0.15) is 38.2 Å². The maximum Gasteiger partial charge on any atom is 0.283 e. The SMILES string of the molecule is CN1CCc2nc(C(=O)N3CCN(S(=O)(=O)c4ccc5cc(C(=N)N)ccc5c4)CC3CC(=O)NCc3nn[nH]n3)sc2C1. The summed E-state index contributed by atoms with van der Waals surface area (Å²) in [6.45, 7) is 1.70. The number of nitrogens with one attached hydrogen (secondary N) is 3. The summed E-state index contributed by atoms with van der Waals surface area (Å²) in [7, 11) is -1.95. The molecule has 6 rings (SSSR count). The number of nitrogens with zero attached hydrogens (tertiary/aromatic N) is 7. The van der Waals surface area contributed by atoms with Crippen LogP contribution in [0.15, 0.2) is 41.3 Å². The van der Waals surface area contributed by atoms with E-state index in [1.807, 2.05) is 7.05 Å². The molecule has 1 saturated heterocycles. The van der Waals surface area contributed by atoms with Gasteiger partial charge in [0.1, 0.15) is 5.84 Å².